The van der Waals surface area contributed by atoms with Gasteiger partial charge in [0, 0.05) is 21.7 Å². The van der Waals surface area contributed by atoms with Crippen molar-refractivity contribution in [3.05, 3.63) is 57.3 Å². The molecule has 3 nitrogen and oxygen atoms in total. The Kier molecular flexibility index (Phi) is 4.66. The first-order valence-corrected chi connectivity index (χ1v) is 7.11. The third-order valence-corrected chi connectivity index (χ3v) is 3.43. The summed E-state index contributed by atoms with van der Waals surface area (Å²) in [5.41, 5.74) is 1.69. The van der Waals surface area contributed by atoms with Crippen molar-refractivity contribution in [3.63, 3.8) is 0 Å². The van der Waals surface area contributed by atoms with E-state index in [1.165, 1.54) is 0 Å². The SMILES string of the molecule is CC(Cc1ccc(Cl)cc1)NC(=O)c1cc(Br)c[nH]1. The lowest BCUT2D eigenvalue weighted by molar-refractivity contribution is 0.0935. The molecule has 0 aliphatic rings. The molecule has 2 rings (SSSR count). The molecule has 0 radical (unpaired) electrons. The van der Waals surface area contributed by atoms with Crippen LogP contribution in [0.3, 0.4) is 0 Å². The largest absolute Gasteiger partial charge is 0.356 e. The van der Waals surface area contributed by atoms with Crippen molar-refractivity contribution < 1.29 is 4.79 Å². The van der Waals surface area contributed by atoms with Crippen LogP contribution in [0.2, 0.25) is 5.02 Å². The summed E-state index contributed by atoms with van der Waals surface area (Å²) in [4.78, 5) is 14.8. The molecule has 2 N–H and O–H groups in total. The van der Waals surface area contributed by atoms with Crippen molar-refractivity contribution in [2.45, 2.75) is 19.4 Å². The molecular weight excluding hydrogens is 328 g/mol. The van der Waals surface area contributed by atoms with Gasteiger partial charge in [0.15, 0.2) is 0 Å². The average Bonchev–Trinajstić information content (AvgIpc) is 2.79. The molecule has 1 atom stereocenters. The highest BCUT2D eigenvalue weighted by Crippen LogP contribution is 2.12. The molecule has 1 amide bonds. The van der Waals surface area contributed by atoms with Crippen LogP contribution < -0.4 is 5.32 Å². The lowest BCUT2D eigenvalue weighted by Crippen LogP contribution is -2.34. The summed E-state index contributed by atoms with van der Waals surface area (Å²) in [6, 6.07) is 9.45. The summed E-state index contributed by atoms with van der Waals surface area (Å²) in [7, 11) is 0. The lowest BCUT2D eigenvalue weighted by atomic mass is 10.1. The summed E-state index contributed by atoms with van der Waals surface area (Å²) < 4.78 is 0.864. The van der Waals surface area contributed by atoms with E-state index in [1.807, 2.05) is 31.2 Å². The zero-order chi connectivity index (χ0) is 13.8. The van der Waals surface area contributed by atoms with Crippen LogP contribution in [0.4, 0.5) is 0 Å². The quantitative estimate of drug-likeness (QED) is 0.873. The number of aromatic amines is 1. The molecule has 0 spiro atoms. The highest BCUT2D eigenvalue weighted by Gasteiger charge is 2.11. The molecule has 2 aromatic rings. The zero-order valence-corrected chi connectivity index (χ0v) is 12.8. The summed E-state index contributed by atoms with van der Waals surface area (Å²) >= 11 is 9.14. The van der Waals surface area contributed by atoms with E-state index in [0.29, 0.717) is 5.69 Å². The molecule has 0 fully saturated rings. The molecule has 1 aromatic carbocycles. The highest BCUT2D eigenvalue weighted by molar-refractivity contribution is 9.10. The van der Waals surface area contributed by atoms with Gasteiger partial charge in [0.25, 0.3) is 5.91 Å². The van der Waals surface area contributed by atoms with E-state index in [1.54, 1.807) is 12.3 Å². The molecule has 0 saturated carbocycles. The number of nitrogens with one attached hydrogen (secondary N) is 2. The van der Waals surface area contributed by atoms with Crippen molar-refractivity contribution in [3.8, 4) is 0 Å². The Morgan fingerprint density at radius 1 is 1.42 bits per heavy atom. The third kappa shape index (κ3) is 4.11. The predicted octanol–water partition coefficient (Wildman–Crippen LogP) is 3.79. The number of aromatic nitrogens is 1. The second-order valence-corrected chi connectivity index (χ2v) is 5.79. The number of hydrogen-bond donors (Lipinski definition) is 2. The van der Waals surface area contributed by atoms with E-state index in [2.05, 4.69) is 26.2 Å². The maximum Gasteiger partial charge on any atom is 0.267 e. The second-order valence-electron chi connectivity index (χ2n) is 4.44. The number of benzene rings is 1. The number of H-pyrrole nitrogens is 1. The van der Waals surface area contributed by atoms with Gasteiger partial charge in [-0.05, 0) is 53.0 Å². The molecule has 0 bridgehead atoms. The van der Waals surface area contributed by atoms with Crippen LogP contribution in [-0.2, 0) is 6.42 Å². The van der Waals surface area contributed by atoms with E-state index in [0.717, 1.165) is 21.5 Å². The topological polar surface area (TPSA) is 44.9 Å². The Labute approximate surface area is 125 Å². The van der Waals surface area contributed by atoms with Crippen molar-refractivity contribution in [1.29, 1.82) is 0 Å². The number of halogens is 2. The summed E-state index contributed by atoms with van der Waals surface area (Å²) in [6.45, 7) is 1.98. The smallest absolute Gasteiger partial charge is 0.267 e. The molecule has 5 heteroatoms. The highest BCUT2D eigenvalue weighted by atomic mass is 79.9. The van der Waals surface area contributed by atoms with E-state index in [4.69, 9.17) is 11.6 Å². The Morgan fingerprint density at radius 3 is 2.68 bits per heavy atom. The van der Waals surface area contributed by atoms with Crippen LogP contribution >= 0.6 is 27.5 Å². The van der Waals surface area contributed by atoms with Crippen molar-refractivity contribution >= 4 is 33.4 Å². The van der Waals surface area contributed by atoms with Gasteiger partial charge in [0.05, 0.1) is 0 Å². The molecule has 1 aromatic heterocycles. The lowest BCUT2D eigenvalue weighted by Gasteiger charge is -2.13. The molecule has 0 saturated heterocycles. The number of amides is 1. The Bertz CT molecular complexity index is 565. The fourth-order valence-electron chi connectivity index (χ4n) is 1.83. The number of rotatable bonds is 4. The van der Waals surface area contributed by atoms with Crippen molar-refractivity contribution in [2.24, 2.45) is 0 Å². The maximum atomic E-state index is 11.9. The summed E-state index contributed by atoms with van der Waals surface area (Å²) in [5.74, 6) is -0.104. The number of carbonyl (C=O) groups excluding carboxylic acids is 1. The maximum absolute atomic E-state index is 11.9. The number of hydrogen-bond acceptors (Lipinski definition) is 1. The van der Waals surface area contributed by atoms with E-state index in [-0.39, 0.29) is 11.9 Å². The number of carbonyl (C=O) groups is 1. The van der Waals surface area contributed by atoms with Crippen LogP contribution in [-0.4, -0.2) is 16.9 Å². The molecule has 1 heterocycles. The minimum absolute atomic E-state index is 0.0516. The van der Waals surface area contributed by atoms with Gasteiger partial charge in [-0.1, -0.05) is 23.7 Å². The minimum Gasteiger partial charge on any atom is -0.356 e. The van der Waals surface area contributed by atoms with E-state index in [9.17, 15) is 4.79 Å². The summed E-state index contributed by atoms with van der Waals surface area (Å²) in [5, 5.41) is 3.67. The monoisotopic (exact) mass is 340 g/mol. The van der Waals surface area contributed by atoms with Gasteiger partial charge >= 0.3 is 0 Å². The van der Waals surface area contributed by atoms with Crippen LogP contribution in [0.25, 0.3) is 0 Å². The van der Waals surface area contributed by atoms with Gasteiger partial charge in [-0.3, -0.25) is 4.79 Å². The normalized spacial score (nSPS) is 12.2. The van der Waals surface area contributed by atoms with Gasteiger partial charge in [-0.2, -0.15) is 0 Å². The van der Waals surface area contributed by atoms with Crippen LogP contribution in [0, 0.1) is 0 Å². The van der Waals surface area contributed by atoms with Gasteiger partial charge < -0.3 is 10.3 Å². The van der Waals surface area contributed by atoms with Gasteiger partial charge in [0.1, 0.15) is 5.69 Å². The van der Waals surface area contributed by atoms with Crippen LogP contribution in [0.1, 0.15) is 23.0 Å². The first-order chi connectivity index (χ1) is 9.04. The van der Waals surface area contributed by atoms with Crippen LogP contribution in [0.5, 0.6) is 0 Å². The van der Waals surface area contributed by atoms with Crippen molar-refractivity contribution in [2.75, 3.05) is 0 Å². The molecule has 100 valence electrons. The third-order valence-electron chi connectivity index (χ3n) is 2.73. The van der Waals surface area contributed by atoms with E-state index >= 15 is 0 Å². The first kappa shape index (κ1) is 14.2. The Morgan fingerprint density at radius 2 is 2.11 bits per heavy atom. The fourth-order valence-corrected chi connectivity index (χ4v) is 2.29. The van der Waals surface area contributed by atoms with Gasteiger partial charge in [-0.25, -0.2) is 0 Å². The fraction of sp³-hybridized carbons (Fsp3) is 0.214. The Hall–Kier alpha value is -1.26. The standard InChI is InChI=1S/C14H14BrClN2O/c1-9(6-10-2-4-12(16)5-3-10)18-14(19)13-7-11(15)8-17-13/h2-5,7-9,17H,6H2,1H3,(H,18,19). The summed E-state index contributed by atoms with van der Waals surface area (Å²) in [6.07, 6.45) is 2.50. The molecule has 1 unspecified atom stereocenters. The van der Waals surface area contributed by atoms with Gasteiger partial charge in [0.2, 0.25) is 0 Å². The zero-order valence-electron chi connectivity index (χ0n) is 10.4. The predicted molar refractivity (Wildman–Crippen MR) is 80.6 cm³/mol. The van der Waals surface area contributed by atoms with Gasteiger partial charge in [-0.15, -0.1) is 0 Å². The average molecular weight is 342 g/mol. The molecule has 0 aliphatic heterocycles. The van der Waals surface area contributed by atoms with Crippen molar-refractivity contribution in [1.82, 2.24) is 10.3 Å². The first-order valence-electron chi connectivity index (χ1n) is 5.94. The Balaban J connectivity index is 1.92. The minimum atomic E-state index is -0.104. The molecular formula is C14H14BrClN2O. The second kappa shape index (κ2) is 6.26. The molecule has 0 aliphatic carbocycles. The van der Waals surface area contributed by atoms with E-state index < -0.39 is 0 Å². The molecule has 19 heavy (non-hydrogen) atoms. The van der Waals surface area contributed by atoms with Crippen LogP contribution in [0.15, 0.2) is 41.0 Å².